The minimum atomic E-state index is -1.55. The molecular weight excluding hydrogens is 401 g/mol. The van der Waals surface area contributed by atoms with Gasteiger partial charge in [-0.25, -0.2) is 14.4 Å². The predicted octanol–water partition coefficient (Wildman–Crippen LogP) is 1.74. The Hall–Kier alpha value is -2.88. The number of aromatic nitrogens is 2. The molecule has 0 aliphatic rings. The lowest BCUT2D eigenvalue weighted by molar-refractivity contribution is 0.0101. The number of nitrogens with zero attached hydrogens (tertiary/aromatic N) is 3. The molecule has 2 atom stereocenters. The number of rotatable bonds is 10. The normalized spacial score (nSPS) is 14.8. The summed E-state index contributed by atoms with van der Waals surface area (Å²) in [5.41, 5.74) is -0.266. The van der Waals surface area contributed by atoms with Crippen LogP contribution in [0.4, 0.5) is 4.39 Å². The van der Waals surface area contributed by atoms with Crippen molar-refractivity contribution in [2.24, 2.45) is 0 Å². The standard InChI is InChI=1S/C22H30FN5O3/c1-6-22(31,18(25-4)11-24-3)16-7-15(13-29)20(17(23)8-16)21(30)28(5)12-19-26-9-14(2)10-27-19/h7-11,13,21,24-25,30-31H,6,12H2,1-5H3/b18-11-/t21-,22?/m1/s1. The van der Waals surface area contributed by atoms with Crippen molar-refractivity contribution in [3.8, 4) is 0 Å². The van der Waals surface area contributed by atoms with Crippen molar-refractivity contribution in [1.29, 1.82) is 0 Å². The summed E-state index contributed by atoms with van der Waals surface area (Å²) < 4.78 is 15.2. The molecule has 0 bridgehead atoms. The number of likely N-dealkylation sites (N-methyl/N-ethyl adjacent to an activating group) is 1. The monoisotopic (exact) mass is 431 g/mol. The number of aliphatic hydroxyl groups is 2. The molecular formula is C22H30FN5O3. The molecule has 2 aromatic rings. The molecule has 1 aromatic carbocycles. The van der Waals surface area contributed by atoms with Gasteiger partial charge in [-0.3, -0.25) is 9.69 Å². The van der Waals surface area contributed by atoms with Crippen LogP contribution in [0.3, 0.4) is 0 Å². The molecule has 0 saturated heterocycles. The van der Waals surface area contributed by atoms with E-state index >= 15 is 4.39 Å². The molecule has 0 saturated carbocycles. The van der Waals surface area contributed by atoms with E-state index in [-0.39, 0.29) is 29.7 Å². The summed E-state index contributed by atoms with van der Waals surface area (Å²) in [7, 11) is 4.89. The maximum atomic E-state index is 15.2. The number of aryl methyl sites for hydroxylation is 1. The van der Waals surface area contributed by atoms with Gasteiger partial charge in [-0.15, -0.1) is 0 Å². The fourth-order valence-electron chi connectivity index (χ4n) is 3.37. The van der Waals surface area contributed by atoms with Gasteiger partial charge >= 0.3 is 0 Å². The number of benzene rings is 1. The smallest absolute Gasteiger partial charge is 0.150 e. The number of nitrogens with one attached hydrogen (secondary N) is 2. The molecule has 168 valence electrons. The van der Waals surface area contributed by atoms with E-state index in [4.69, 9.17) is 0 Å². The minimum absolute atomic E-state index is 0.0500. The zero-order valence-electron chi connectivity index (χ0n) is 18.5. The highest BCUT2D eigenvalue weighted by molar-refractivity contribution is 5.78. The Morgan fingerprint density at radius 1 is 1.32 bits per heavy atom. The van der Waals surface area contributed by atoms with Gasteiger partial charge < -0.3 is 20.8 Å². The second-order valence-corrected chi connectivity index (χ2v) is 7.35. The molecule has 0 radical (unpaired) electrons. The van der Waals surface area contributed by atoms with E-state index in [0.29, 0.717) is 17.8 Å². The Labute approximate surface area is 181 Å². The number of carbonyl (C=O) groups is 1. The summed E-state index contributed by atoms with van der Waals surface area (Å²) in [6.07, 6.45) is 4.16. The summed E-state index contributed by atoms with van der Waals surface area (Å²) in [5, 5.41) is 27.7. The third-order valence-corrected chi connectivity index (χ3v) is 5.18. The van der Waals surface area contributed by atoms with Gasteiger partial charge in [0.15, 0.2) is 6.29 Å². The van der Waals surface area contributed by atoms with Gasteiger partial charge in [0.05, 0.1) is 12.2 Å². The molecule has 0 aliphatic carbocycles. The molecule has 1 unspecified atom stereocenters. The lowest BCUT2D eigenvalue weighted by atomic mass is 9.85. The van der Waals surface area contributed by atoms with Crippen LogP contribution in [0.5, 0.6) is 0 Å². The molecule has 0 amide bonds. The fraction of sp³-hybridized carbons (Fsp3) is 0.409. The summed E-state index contributed by atoms with van der Waals surface area (Å²) in [4.78, 5) is 21.6. The van der Waals surface area contributed by atoms with E-state index in [1.54, 1.807) is 46.7 Å². The molecule has 1 heterocycles. The van der Waals surface area contributed by atoms with Crippen LogP contribution >= 0.6 is 0 Å². The van der Waals surface area contributed by atoms with Crippen LogP contribution in [0.15, 0.2) is 36.4 Å². The van der Waals surface area contributed by atoms with Crippen LogP contribution in [0.25, 0.3) is 0 Å². The maximum Gasteiger partial charge on any atom is 0.150 e. The van der Waals surface area contributed by atoms with Crippen molar-refractivity contribution >= 4 is 6.29 Å². The van der Waals surface area contributed by atoms with E-state index < -0.39 is 17.6 Å². The van der Waals surface area contributed by atoms with Crippen molar-refractivity contribution in [2.45, 2.75) is 38.6 Å². The molecule has 9 heteroatoms. The summed E-state index contributed by atoms with van der Waals surface area (Å²) in [5.74, 6) is -0.344. The highest BCUT2D eigenvalue weighted by atomic mass is 19.1. The van der Waals surface area contributed by atoms with Crippen LogP contribution < -0.4 is 10.6 Å². The lowest BCUT2D eigenvalue weighted by Crippen LogP contribution is -2.35. The van der Waals surface area contributed by atoms with Crippen molar-refractivity contribution < 1.29 is 19.4 Å². The van der Waals surface area contributed by atoms with Gasteiger partial charge in [-0.2, -0.15) is 0 Å². The first-order valence-electron chi connectivity index (χ1n) is 9.94. The van der Waals surface area contributed by atoms with Crippen LogP contribution in [0, 0.1) is 12.7 Å². The van der Waals surface area contributed by atoms with Crippen molar-refractivity contribution in [3.63, 3.8) is 0 Å². The van der Waals surface area contributed by atoms with Gasteiger partial charge in [-0.05, 0) is 43.7 Å². The molecule has 8 nitrogen and oxygen atoms in total. The van der Waals surface area contributed by atoms with Crippen LogP contribution in [0.2, 0.25) is 0 Å². The Balaban J connectivity index is 2.44. The maximum absolute atomic E-state index is 15.2. The number of hydrogen-bond acceptors (Lipinski definition) is 8. The topological polar surface area (TPSA) is 111 Å². The lowest BCUT2D eigenvalue weighted by Gasteiger charge is -2.32. The van der Waals surface area contributed by atoms with E-state index in [1.165, 1.54) is 11.0 Å². The predicted molar refractivity (Wildman–Crippen MR) is 115 cm³/mol. The zero-order chi connectivity index (χ0) is 23.2. The van der Waals surface area contributed by atoms with Crippen molar-refractivity contribution in [1.82, 2.24) is 25.5 Å². The number of hydrogen-bond donors (Lipinski definition) is 4. The van der Waals surface area contributed by atoms with Gasteiger partial charge in [0.2, 0.25) is 0 Å². The molecule has 1 aromatic heterocycles. The summed E-state index contributed by atoms with van der Waals surface area (Å²) in [6.45, 7) is 3.75. The van der Waals surface area contributed by atoms with Gasteiger partial charge in [0.1, 0.15) is 23.5 Å². The van der Waals surface area contributed by atoms with Crippen LogP contribution in [-0.4, -0.2) is 52.5 Å². The molecule has 4 N–H and O–H groups in total. The number of aldehydes is 1. The third kappa shape index (κ3) is 5.25. The first kappa shape index (κ1) is 24.4. The Morgan fingerprint density at radius 3 is 2.48 bits per heavy atom. The Kier molecular flexibility index (Phi) is 8.21. The van der Waals surface area contributed by atoms with E-state index in [1.807, 2.05) is 6.92 Å². The average molecular weight is 432 g/mol. The number of halogens is 1. The molecule has 2 rings (SSSR count). The van der Waals surface area contributed by atoms with E-state index in [0.717, 1.165) is 11.6 Å². The first-order chi connectivity index (χ1) is 14.7. The van der Waals surface area contributed by atoms with Gasteiger partial charge in [0.25, 0.3) is 0 Å². The molecule has 0 spiro atoms. The second kappa shape index (κ2) is 10.4. The minimum Gasteiger partial charge on any atom is -0.392 e. The quantitative estimate of drug-likeness (QED) is 0.333. The molecule has 0 fully saturated rings. The summed E-state index contributed by atoms with van der Waals surface area (Å²) >= 11 is 0. The SMILES string of the molecule is CCC(O)(/C(=C/NC)NC)c1cc(F)c([C@@H](O)N(C)Cc2ncc(C)cn2)c(C=O)c1. The highest BCUT2D eigenvalue weighted by Gasteiger charge is 2.34. The van der Waals surface area contributed by atoms with Crippen LogP contribution in [-0.2, 0) is 12.1 Å². The number of carbonyl (C=O) groups excluding carboxylic acids is 1. The van der Waals surface area contributed by atoms with E-state index in [9.17, 15) is 15.0 Å². The Morgan fingerprint density at radius 2 is 1.97 bits per heavy atom. The third-order valence-electron chi connectivity index (χ3n) is 5.18. The average Bonchev–Trinajstić information content (AvgIpc) is 2.77. The summed E-state index contributed by atoms with van der Waals surface area (Å²) in [6, 6.07) is 2.54. The highest BCUT2D eigenvalue weighted by Crippen LogP contribution is 2.35. The fourth-order valence-corrected chi connectivity index (χ4v) is 3.37. The number of aliphatic hydroxyl groups excluding tert-OH is 1. The van der Waals surface area contributed by atoms with Crippen molar-refractivity contribution in [3.05, 3.63) is 70.3 Å². The first-order valence-corrected chi connectivity index (χ1v) is 9.94. The van der Waals surface area contributed by atoms with E-state index in [2.05, 4.69) is 20.6 Å². The Bertz CT molecular complexity index is 935. The molecule has 0 aliphatic heterocycles. The van der Waals surface area contributed by atoms with Crippen molar-refractivity contribution in [2.75, 3.05) is 21.1 Å². The molecule has 31 heavy (non-hydrogen) atoms. The zero-order valence-corrected chi connectivity index (χ0v) is 18.5. The van der Waals surface area contributed by atoms with Crippen LogP contribution in [0.1, 0.15) is 52.4 Å². The van der Waals surface area contributed by atoms with Gasteiger partial charge in [0, 0.05) is 43.8 Å². The largest absolute Gasteiger partial charge is 0.392 e. The second-order valence-electron chi connectivity index (χ2n) is 7.35. The van der Waals surface area contributed by atoms with Gasteiger partial charge in [-0.1, -0.05) is 6.92 Å².